The van der Waals surface area contributed by atoms with Gasteiger partial charge >= 0.3 is 0 Å². The zero-order chi connectivity index (χ0) is 26.6. The van der Waals surface area contributed by atoms with Gasteiger partial charge in [-0.3, -0.25) is 15.0 Å². The van der Waals surface area contributed by atoms with Crippen LogP contribution in [0.4, 0.5) is 11.4 Å². The molecule has 1 fully saturated rings. The van der Waals surface area contributed by atoms with Gasteiger partial charge in [0.2, 0.25) is 0 Å². The van der Waals surface area contributed by atoms with Crippen LogP contribution >= 0.6 is 51.3 Å². The molecular formula is C29H25BrCl2N4OS. The number of benzene rings is 4. The van der Waals surface area contributed by atoms with Gasteiger partial charge in [-0.15, -0.1) is 0 Å². The summed E-state index contributed by atoms with van der Waals surface area (Å²) in [6, 6.07) is 25.1. The van der Waals surface area contributed by atoms with E-state index in [-0.39, 0.29) is 11.0 Å². The quantitative estimate of drug-likeness (QED) is 0.227. The van der Waals surface area contributed by atoms with Gasteiger partial charge in [0.15, 0.2) is 5.11 Å². The summed E-state index contributed by atoms with van der Waals surface area (Å²) in [4.78, 5) is 17.6. The van der Waals surface area contributed by atoms with E-state index in [1.54, 1.807) is 6.07 Å². The molecule has 0 unspecified atom stereocenters. The van der Waals surface area contributed by atoms with Crippen molar-refractivity contribution in [3.05, 3.63) is 105 Å². The van der Waals surface area contributed by atoms with Crippen LogP contribution in [0.15, 0.2) is 83.3 Å². The van der Waals surface area contributed by atoms with Gasteiger partial charge in [0.25, 0.3) is 5.91 Å². The fourth-order valence-electron chi connectivity index (χ4n) is 4.66. The van der Waals surface area contributed by atoms with Crippen LogP contribution in [0.5, 0.6) is 0 Å². The predicted octanol–water partition coefficient (Wildman–Crippen LogP) is 7.36. The Morgan fingerprint density at radius 2 is 1.61 bits per heavy atom. The molecule has 0 aromatic heterocycles. The van der Waals surface area contributed by atoms with E-state index < -0.39 is 0 Å². The second-order valence-electron chi connectivity index (χ2n) is 9.07. The Labute approximate surface area is 245 Å². The number of anilines is 2. The topological polar surface area (TPSA) is 47.6 Å². The fourth-order valence-corrected chi connectivity index (χ4v) is 5.86. The number of hydrogen-bond donors (Lipinski definition) is 2. The maximum atomic E-state index is 13.0. The summed E-state index contributed by atoms with van der Waals surface area (Å²) in [7, 11) is 0. The van der Waals surface area contributed by atoms with E-state index in [1.807, 2.05) is 66.7 Å². The Kier molecular flexibility index (Phi) is 8.51. The summed E-state index contributed by atoms with van der Waals surface area (Å²) in [5, 5.41) is 9.31. The molecule has 1 aliphatic rings. The summed E-state index contributed by atoms with van der Waals surface area (Å²) in [6.45, 7) is 4.41. The highest BCUT2D eigenvalue weighted by atomic mass is 79.9. The van der Waals surface area contributed by atoms with Crippen molar-refractivity contribution in [1.29, 1.82) is 0 Å². The SMILES string of the molecule is O=C(NC(=S)Nc1ccc(N2CCN(Cc3ccccc3Cl)CC2)c(Cl)c1)c1cccc2c(Br)cccc12. The van der Waals surface area contributed by atoms with E-state index in [1.165, 1.54) is 0 Å². The minimum absolute atomic E-state index is 0.207. The van der Waals surface area contributed by atoms with E-state index in [0.717, 1.165) is 64.2 Å². The second-order valence-corrected chi connectivity index (χ2v) is 11.1. The number of rotatable bonds is 5. The van der Waals surface area contributed by atoms with Crippen LogP contribution in [0.1, 0.15) is 15.9 Å². The molecule has 4 aromatic rings. The number of carbonyl (C=O) groups excluding carboxylic acids is 1. The van der Waals surface area contributed by atoms with Gasteiger partial charge in [0, 0.05) is 53.5 Å². The van der Waals surface area contributed by atoms with E-state index >= 15 is 0 Å². The Hall–Kier alpha value is -2.68. The van der Waals surface area contributed by atoms with Crippen LogP contribution in [0.3, 0.4) is 0 Å². The van der Waals surface area contributed by atoms with Gasteiger partial charge in [-0.25, -0.2) is 0 Å². The maximum absolute atomic E-state index is 13.0. The van der Waals surface area contributed by atoms with Gasteiger partial charge in [0.1, 0.15) is 0 Å². The molecule has 9 heteroatoms. The summed E-state index contributed by atoms with van der Waals surface area (Å²) in [6.07, 6.45) is 0. The normalized spacial score (nSPS) is 13.9. The molecule has 1 aliphatic heterocycles. The maximum Gasteiger partial charge on any atom is 0.258 e. The molecule has 194 valence electrons. The molecule has 5 rings (SSSR count). The molecule has 0 saturated carbocycles. The van der Waals surface area contributed by atoms with Crippen LogP contribution in [0, 0.1) is 0 Å². The van der Waals surface area contributed by atoms with Crippen molar-refractivity contribution in [1.82, 2.24) is 10.2 Å². The van der Waals surface area contributed by atoms with E-state index in [4.69, 9.17) is 35.4 Å². The lowest BCUT2D eigenvalue weighted by molar-refractivity contribution is 0.0979. The Morgan fingerprint density at radius 1 is 0.868 bits per heavy atom. The number of nitrogens with one attached hydrogen (secondary N) is 2. The number of nitrogens with zero attached hydrogens (tertiary/aromatic N) is 2. The van der Waals surface area contributed by atoms with Crippen molar-refractivity contribution in [3.8, 4) is 0 Å². The van der Waals surface area contributed by atoms with Crippen molar-refractivity contribution in [3.63, 3.8) is 0 Å². The highest BCUT2D eigenvalue weighted by molar-refractivity contribution is 9.10. The third-order valence-electron chi connectivity index (χ3n) is 6.61. The first-order valence-electron chi connectivity index (χ1n) is 12.2. The molecule has 0 bridgehead atoms. The first kappa shape index (κ1) is 26.9. The van der Waals surface area contributed by atoms with Crippen LogP contribution < -0.4 is 15.5 Å². The number of hydrogen-bond acceptors (Lipinski definition) is 4. The Bertz CT molecular complexity index is 1510. The van der Waals surface area contributed by atoms with Crippen molar-refractivity contribution in [2.75, 3.05) is 36.4 Å². The zero-order valence-corrected chi connectivity index (χ0v) is 24.3. The molecule has 0 spiro atoms. The number of carbonyl (C=O) groups is 1. The standard InChI is InChI=1S/C29H25BrCl2N4OS/c30-24-9-4-6-21-22(24)7-3-8-23(21)28(37)34-29(38)33-20-11-12-27(26(32)17-20)36-15-13-35(14-16-36)18-19-5-1-2-10-25(19)31/h1-12,17H,13-16,18H2,(H2,33,34,37,38). The van der Waals surface area contributed by atoms with Gasteiger partial charge in [0.05, 0.1) is 10.7 Å². The largest absolute Gasteiger partial charge is 0.368 e. The van der Waals surface area contributed by atoms with E-state index in [9.17, 15) is 4.79 Å². The molecule has 5 nitrogen and oxygen atoms in total. The van der Waals surface area contributed by atoms with Gasteiger partial charge in [-0.2, -0.15) is 0 Å². The van der Waals surface area contributed by atoms with Gasteiger partial charge in [-0.1, -0.05) is 81.6 Å². The van der Waals surface area contributed by atoms with E-state index in [2.05, 4.69) is 42.4 Å². The molecule has 1 heterocycles. The van der Waals surface area contributed by atoms with Crippen molar-refractivity contribution in [2.24, 2.45) is 0 Å². The summed E-state index contributed by atoms with van der Waals surface area (Å²) >= 11 is 22.0. The lowest BCUT2D eigenvalue weighted by Gasteiger charge is -2.36. The number of thiocarbonyl (C=S) groups is 1. The Morgan fingerprint density at radius 3 is 2.37 bits per heavy atom. The molecule has 0 radical (unpaired) electrons. The van der Waals surface area contributed by atoms with Crippen LogP contribution in [-0.2, 0) is 6.54 Å². The minimum Gasteiger partial charge on any atom is -0.368 e. The predicted molar refractivity (Wildman–Crippen MR) is 166 cm³/mol. The molecule has 4 aromatic carbocycles. The van der Waals surface area contributed by atoms with Crippen molar-refractivity contribution < 1.29 is 4.79 Å². The number of piperazine rings is 1. The van der Waals surface area contributed by atoms with Crippen LogP contribution in [-0.4, -0.2) is 42.1 Å². The summed E-state index contributed by atoms with van der Waals surface area (Å²) in [5.74, 6) is -0.274. The fraction of sp³-hybridized carbons (Fsp3) is 0.172. The smallest absolute Gasteiger partial charge is 0.258 e. The number of halogens is 3. The van der Waals surface area contributed by atoms with Crippen molar-refractivity contribution in [2.45, 2.75) is 6.54 Å². The minimum atomic E-state index is -0.274. The first-order chi connectivity index (χ1) is 18.4. The number of fused-ring (bicyclic) bond motifs is 1. The zero-order valence-electron chi connectivity index (χ0n) is 20.4. The highest BCUT2D eigenvalue weighted by Crippen LogP contribution is 2.30. The number of amides is 1. The van der Waals surface area contributed by atoms with Crippen LogP contribution in [0.2, 0.25) is 10.0 Å². The second kappa shape index (κ2) is 12.0. The average molecular weight is 628 g/mol. The molecule has 1 amide bonds. The first-order valence-corrected chi connectivity index (χ1v) is 14.1. The Balaban J connectivity index is 1.18. The molecule has 0 aliphatic carbocycles. The van der Waals surface area contributed by atoms with Crippen LogP contribution in [0.25, 0.3) is 10.8 Å². The molecule has 0 atom stereocenters. The van der Waals surface area contributed by atoms with Gasteiger partial charge in [-0.05, 0) is 65.0 Å². The van der Waals surface area contributed by atoms with Crippen molar-refractivity contribution >= 4 is 84.5 Å². The monoisotopic (exact) mass is 626 g/mol. The lowest BCUT2D eigenvalue weighted by Crippen LogP contribution is -2.46. The molecular weight excluding hydrogens is 603 g/mol. The summed E-state index contributed by atoms with van der Waals surface area (Å²) < 4.78 is 0.932. The van der Waals surface area contributed by atoms with Gasteiger partial charge < -0.3 is 10.2 Å². The average Bonchev–Trinajstić information content (AvgIpc) is 2.90. The third kappa shape index (κ3) is 6.14. The third-order valence-corrected chi connectivity index (χ3v) is 8.18. The lowest BCUT2D eigenvalue weighted by atomic mass is 10.0. The molecule has 2 N–H and O–H groups in total. The van der Waals surface area contributed by atoms with E-state index in [0.29, 0.717) is 16.3 Å². The summed E-state index contributed by atoms with van der Waals surface area (Å²) in [5.41, 5.74) is 3.38. The molecule has 38 heavy (non-hydrogen) atoms. The molecule has 1 saturated heterocycles. The highest BCUT2D eigenvalue weighted by Gasteiger charge is 2.20.